The quantitative estimate of drug-likeness (QED) is 0.840. The van der Waals surface area contributed by atoms with E-state index in [1.165, 1.54) is 25.7 Å². The number of β-amino-alcohol motifs (C(OH)–C–C–N with tert-alkyl or cyclic N) is 1. The van der Waals surface area contributed by atoms with Gasteiger partial charge in [-0.15, -0.1) is 0 Å². The van der Waals surface area contributed by atoms with Crippen LogP contribution in [0.2, 0.25) is 0 Å². The fourth-order valence-corrected chi connectivity index (χ4v) is 6.17. The number of fused-ring (bicyclic) bond motifs is 2. The molecule has 0 radical (unpaired) electrons. The van der Waals surface area contributed by atoms with Crippen LogP contribution in [-0.2, 0) is 4.74 Å². The normalized spacial score (nSPS) is 44.6. The first kappa shape index (κ1) is 17.7. The predicted octanol–water partition coefficient (Wildman–Crippen LogP) is 3.56. The minimum atomic E-state index is -0.356. The average Bonchev–Trinajstić information content (AvgIpc) is 2.88. The van der Waals surface area contributed by atoms with Crippen molar-refractivity contribution in [2.24, 2.45) is 28.6 Å². The molecule has 3 aliphatic rings. The molecule has 0 amide bonds. The third-order valence-corrected chi connectivity index (χ3v) is 7.01. The average molecular weight is 324 g/mol. The number of hydrogen-bond acceptors (Lipinski definition) is 3. The Hall–Kier alpha value is -0.120. The Morgan fingerprint density at radius 2 is 1.83 bits per heavy atom. The summed E-state index contributed by atoms with van der Waals surface area (Å²) < 4.78 is 6.34. The summed E-state index contributed by atoms with van der Waals surface area (Å²) in [5, 5.41) is 10.5. The van der Waals surface area contributed by atoms with E-state index in [0.717, 1.165) is 37.4 Å². The van der Waals surface area contributed by atoms with Crippen LogP contribution >= 0.6 is 0 Å². The van der Waals surface area contributed by atoms with E-state index in [4.69, 9.17) is 4.74 Å². The lowest BCUT2D eigenvalue weighted by Gasteiger charge is -2.43. The highest BCUT2D eigenvalue weighted by molar-refractivity contribution is 5.09. The molecule has 6 atom stereocenters. The first-order valence-corrected chi connectivity index (χ1v) is 9.73. The maximum Gasteiger partial charge on any atom is 0.0900 e. The van der Waals surface area contributed by atoms with Gasteiger partial charge in [-0.25, -0.2) is 0 Å². The van der Waals surface area contributed by atoms with Gasteiger partial charge in [-0.2, -0.15) is 0 Å². The van der Waals surface area contributed by atoms with Crippen molar-refractivity contribution in [1.29, 1.82) is 0 Å². The highest BCUT2D eigenvalue weighted by atomic mass is 16.5. The summed E-state index contributed by atoms with van der Waals surface area (Å²) in [6.07, 6.45) is 5.23. The van der Waals surface area contributed by atoms with Crippen molar-refractivity contribution in [3.63, 3.8) is 0 Å². The molecule has 0 aromatic heterocycles. The topological polar surface area (TPSA) is 32.7 Å². The van der Waals surface area contributed by atoms with Crippen molar-refractivity contribution < 1.29 is 9.84 Å². The van der Waals surface area contributed by atoms with E-state index in [-0.39, 0.29) is 11.5 Å². The molecule has 1 aliphatic heterocycles. The van der Waals surface area contributed by atoms with Crippen molar-refractivity contribution in [3.8, 4) is 0 Å². The monoisotopic (exact) mass is 323 g/mol. The van der Waals surface area contributed by atoms with E-state index in [0.29, 0.717) is 18.1 Å². The van der Waals surface area contributed by atoms with E-state index in [9.17, 15) is 5.11 Å². The molecule has 23 heavy (non-hydrogen) atoms. The van der Waals surface area contributed by atoms with Gasteiger partial charge >= 0.3 is 0 Å². The predicted molar refractivity (Wildman–Crippen MR) is 94.4 cm³/mol. The summed E-state index contributed by atoms with van der Waals surface area (Å²) in [6, 6.07) is 0. The molecule has 3 heteroatoms. The molecule has 2 bridgehead atoms. The molecule has 134 valence electrons. The number of aliphatic hydroxyl groups excluding tert-OH is 1. The van der Waals surface area contributed by atoms with Crippen molar-refractivity contribution in [3.05, 3.63) is 0 Å². The Morgan fingerprint density at radius 1 is 1.17 bits per heavy atom. The molecule has 2 aliphatic carbocycles. The number of nitrogens with zero attached hydrogens (tertiary/aromatic N) is 1. The molecule has 0 aromatic rings. The van der Waals surface area contributed by atoms with Crippen molar-refractivity contribution in [2.75, 3.05) is 26.2 Å². The molecular weight excluding hydrogens is 286 g/mol. The lowest BCUT2D eigenvalue weighted by Crippen LogP contribution is -2.46. The van der Waals surface area contributed by atoms with Gasteiger partial charge < -0.3 is 14.7 Å². The molecule has 0 aromatic carbocycles. The Morgan fingerprint density at radius 3 is 2.39 bits per heavy atom. The molecular formula is C20H37NO2. The number of ether oxygens (including phenoxy) is 1. The number of hydrogen-bond donors (Lipinski definition) is 1. The van der Waals surface area contributed by atoms with Crippen LogP contribution in [0.5, 0.6) is 0 Å². The number of aliphatic hydroxyl groups is 1. The zero-order valence-corrected chi connectivity index (χ0v) is 15.8. The van der Waals surface area contributed by atoms with Gasteiger partial charge in [0, 0.05) is 19.6 Å². The van der Waals surface area contributed by atoms with Gasteiger partial charge in [0.1, 0.15) is 0 Å². The fraction of sp³-hybridized carbons (Fsp3) is 1.00. The summed E-state index contributed by atoms with van der Waals surface area (Å²) in [6.45, 7) is 15.3. The first-order chi connectivity index (χ1) is 10.7. The van der Waals surface area contributed by atoms with Gasteiger partial charge in [0.05, 0.1) is 18.8 Å². The SMILES string of the molecule is C[C@@H]1C[C@H](C)CN(C[C@H](O)CO[C@@H]2C(C)(C)[C@H]3CC[C@@]2(C)C3)C1. The number of piperidine rings is 1. The zero-order chi connectivity index (χ0) is 16.8. The maximum atomic E-state index is 10.5. The highest BCUT2D eigenvalue weighted by Crippen LogP contribution is 2.63. The van der Waals surface area contributed by atoms with Gasteiger partial charge in [-0.05, 0) is 54.3 Å². The lowest BCUT2D eigenvalue weighted by atomic mass is 9.70. The van der Waals surface area contributed by atoms with Gasteiger partial charge in [0.2, 0.25) is 0 Å². The largest absolute Gasteiger partial charge is 0.389 e. The van der Waals surface area contributed by atoms with Crippen LogP contribution in [0.1, 0.15) is 60.3 Å². The number of likely N-dealkylation sites (tertiary alicyclic amines) is 1. The Bertz CT molecular complexity index is 409. The highest BCUT2D eigenvalue weighted by Gasteiger charge is 2.60. The summed E-state index contributed by atoms with van der Waals surface area (Å²) >= 11 is 0. The van der Waals surface area contributed by atoms with Crippen molar-refractivity contribution in [1.82, 2.24) is 4.90 Å². The van der Waals surface area contributed by atoms with Crippen LogP contribution in [0, 0.1) is 28.6 Å². The summed E-state index contributed by atoms with van der Waals surface area (Å²) in [7, 11) is 0. The third-order valence-electron chi connectivity index (χ3n) is 7.01. The molecule has 3 fully saturated rings. The molecule has 1 N–H and O–H groups in total. The second kappa shape index (κ2) is 6.31. The second-order valence-corrected chi connectivity index (χ2v) is 9.95. The van der Waals surface area contributed by atoms with E-state index in [1.807, 2.05) is 0 Å². The maximum absolute atomic E-state index is 10.5. The molecule has 0 unspecified atom stereocenters. The van der Waals surface area contributed by atoms with Gasteiger partial charge in [-0.3, -0.25) is 0 Å². The molecule has 3 nitrogen and oxygen atoms in total. The van der Waals surface area contributed by atoms with E-state index >= 15 is 0 Å². The number of rotatable bonds is 5. The zero-order valence-electron chi connectivity index (χ0n) is 15.8. The molecule has 1 saturated heterocycles. The second-order valence-electron chi connectivity index (χ2n) is 9.95. The lowest BCUT2D eigenvalue weighted by molar-refractivity contribution is -0.114. The van der Waals surface area contributed by atoms with Crippen LogP contribution in [0.3, 0.4) is 0 Å². The van der Waals surface area contributed by atoms with Gasteiger partial charge in [0.25, 0.3) is 0 Å². The molecule has 2 saturated carbocycles. The van der Waals surface area contributed by atoms with Crippen LogP contribution < -0.4 is 0 Å². The molecule has 1 heterocycles. The molecule has 3 rings (SSSR count). The Balaban J connectivity index is 1.50. The summed E-state index contributed by atoms with van der Waals surface area (Å²) in [5.41, 5.74) is 0.600. The van der Waals surface area contributed by atoms with Gasteiger partial charge in [-0.1, -0.05) is 34.6 Å². The Kier molecular flexibility index (Phi) is 4.85. The van der Waals surface area contributed by atoms with Crippen molar-refractivity contribution >= 4 is 0 Å². The Labute approximate surface area is 142 Å². The summed E-state index contributed by atoms with van der Waals surface area (Å²) in [5.74, 6) is 2.30. The summed E-state index contributed by atoms with van der Waals surface area (Å²) in [4.78, 5) is 2.43. The minimum absolute atomic E-state index is 0.265. The van der Waals surface area contributed by atoms with Crippen molar-refractivity contribution in [2.45, 2.75) is 72.5 Å². The molecule has 0 spiro atoms. The van der Waals surface area contributed by atoms with E-state index in [1.54, 1.807) is 0 Å². The van der Waals surface area contributed by atoms with Crippen LogP contribution in [0.25, 0.3) is 0 Å². The third kappa shape index (κ3) is 3.48. The van der Waals surface area contributed by atoms with E-state index < -0.39 is 0 Å². The van der Waals surface area contributed by atoms with E-state index in [2.05, 4.69) is 39.5 Å². The standard InChI is InChI=1S/C20H37NO2/c1-14-8-15(2)11-21(10-14)12-17(22)13-23-18-19(3,4)16-6-7-20(18,5)9-16/h14-18,22H,6-13H2,1-5H3/t14-,15+,16-,17-,18+,20-/m0/s1. The van der Waals surface area contributed by atoms with Crippen LogP contribution in [0.4, 0.5) is 0 Å². The first-order valence-electron chi connectivity index (χ1n) is 9.73. The van der Waals surface area contributed by atoms with Gasteiger partial charge in [0.15, 0.2) is 0 Å². The smallest absolute Gasteiger partial charge is 0.0900 e. The van der Waals surface area contributed by atoms with Crippen LogP contribution in [-0.4, -0.2) is 48.5 Å². The minimum Gasteiger partial charge on any atom is -0.389 e. The van der Waals surface area contributed by atoms with Crippen LogP contribution in [0.15, 0.2) is 0 Å². The fourth-order valence-electron chi connectivity index (χ4n) is 6.17.